The van der Waals surface area contributed by atoms with Crippen LogP contribution in [0.5, 0.6) is 0 Å². The summed E-state index contributed by atoms with van der Waals surface area (Å²) in [5.41, 5.74) is 0.156. The van der Waals surface area contributed by atoms with Crippen LogP contribution in [0.15, 0.2) is 0 Å². The lowest BCUT2D eigenvalue weighted by atomic mass is 9.97. The monoisotopic (exact) mass is 165 g/mol. The molecule has 0 N–H and O–H groups in total. The summed E-state index contributed by atoms with van der Waals surface area (Å²) in [5.74, 6) is 6.65. The molecule has 0 unspecified atom stereocenters. The summed E-state index contributed by atoms with van der Waals surface area (Å²) in [4.78, 5) is 2.35. The maximum absolute atomic E-state index is 3.35. The Balaban J connectivity index is 2.53. The highest BCUT2D eigenvalue weighted by atomic mass is 15.1. The fourth-order valence-corrected chi connectivity index (χ4v) is 1.39. The Morgan fingerprint density at radius 3 is 2.42 bits per heavy atom. The van der Waals surface area contributed by atoms with Crippen molar-refractivity contribution in [3.8, 4) is 11.8 Å². The number of likely N-dealkylation sites (tertiary alicyclic amines) is 1. The first kappa shape index (κ1) is 9.61. The van der Waals surface area contributed by atoms with Crippen LogP contribution in [-0.2, 0) is 0 Å². The highest BCUT2D eigenvalue weighted by Crippen LogP contribution is 2.15. The summed E-state index contributed by atoms with van der Waals surface area (Å²) < 4.78 is 0. The van der Waals surface area contributed by atoms with E-state index in [2.05, 4.69) is 44.6 Å². The minimum atomic E-state index is 0.156. The third kappa shape index (κ3) is 2.87. The Bertz CT molecular complexity index is 201. The molecule has 0 spiro atoms. The molecule has 1 aliphatic rings. The molecule has 0 radical (unpaired) electrons. The standard InChI is InChI=1S/C11H19N/c1-11(2,3)8-7-10-6-5-9-12(10)4/h10H,5-6,9H2,1-4H3/t10-/m1/s1. The summed E-state index contributed by atoms with van der Waals surface area (Å²) in [7, 11) is 2.16. The van der Waals surface area contributed by atoms with Crippen molar-refractivity contribution in [2.24, 2.45) is 5.41 Å². The Morgan fingerprint density at radius 2 is 2.00 bits per heavy atom. The minimum Gasteiger partial charge on any atom is -0.293 e. The van der Waals surface area contributed by atoms with Crippen LogP contribution >= 0.6 is 0 Å². The van der Waals surface area contributed by atoms with Crippen LogP contribution in [0.4, 0.5) is 0 Å². The van der Waals surface area contributed by atoms with Crippen LogP contribution in [0.25, 0.3) is 0 Å². The van der Waals surface area contributed by atoms with Gasteiger partial charge >= 0.3 is 0 Å². The van der Waals surface area contributed by atoms with Crippen LogP contribution < -0.4 is 0 Å². The van der Waals surface area contributed by atoms with Gasteiger partial charge in [-0.15, -0.1) is 0 Å². The Morgan fingerprint density at radius 1 is 1.33 bits per heavy atom. The largest absolute Gasteiger partial charge is 0.293 e. The molecular formula is C11H19N. The van der Waals surface area contributed by atoms with Crippen molar-refractivity contribution in [1.82, 2.24) is 4.90 Å². The second-order valence-corrected chi connectivity index (χ2v) is 4.66. The van der Waals surface area contributed by atoms with Crippen molar-refractivity contribution in [2.45, 2.75) is 39.7 Å². The zero-order valence-electron chi connectivity index (χ0n) is 8.65. The quantitative estimate of drug-likeness (QED) is 0.497. The summed E-state index contributed by atoms with van der Waals surface area (Å²) >= 11 is 0. The van der Waals surface area contributed by atoms with Gasteiger partial charge in [0, 0.05) is 5.41 Å². The Labute approximate surface area is 76.1 Å². The molecule has 0 amide bonds. The van der Waals surface area contributed by atoms with E-state index in [4.69, 9.17) is 0 Å². The van der Waals surface area contributed by atoms with Gasteiger partial charge in [0.15, 0.2) is 0 Å². The molecular weight excluding hydrogens is 146 g/mol. The molecule has 1 rings (SSSR count). The predicted octanol–water partition coefficient (Wildman–Crippen LogP) is 2.13. The van der Waals surface area contributed by atoms with Gasteiger partial charge in [-0.25, -0.2) is 0 Å². The third-order valence-electron chi connectivity index (χ3n) is 2.13. The molecule has 1 nitrogen and oxygen atoms in total. The first-order valence-electron chi connectivity index (χ1n) is 4.72. The summed E-state index contributed by atoms with van der Waals surface area (Å²) in [6.07, 6.45) is 2.56. The SMILES string of the molecule is CN1CCC[C@@H]1C#CC(C)(C)C. The van der Waals surface area contributed by atoms with Gasteiger partial charge in [-0.1, -0.05) is 11.8 Å². The van der Waals surface area contributed by atoms with Crippen molar-refractivity contribution in [1.29, 1.82) is 0 Å². The molecule has 0 aromatic carbocycles. The van der Waals surface area contributed by atoms with E-state index in [1.807, 2.05) is 0 Å². The van der Waals surface area contributed by atoms with Gasteiger partial charge < -0.3 is 0 Å². The molecule has 0 aromatic heterocycles. The summed E-state index contributed by atoms with van der Waals surface area (Å²) in [6.45, 7) is 7.70. The van der Waals surface area contributed by atoms with E-state index in [0.29, 0.717) is 6.04 Å². The van der Waals surface area contributed by atoms with E-state index >= 15 is 0 Å². The molecule has 1 fully saturated rings. The van der Waals surface area contributed by atoms with E-state index in [0.717, 1.165) is 0 Å². The van der Waals surface area contributed by atoms with Crippen molar-refractivity contribution in [3.05, 3.63) is 0 Å². The molecule has 0 aromatic rings. The first-order valence-corrected chi connectivity index (χ1v) is 4.72. The highest BCUT2D eigenvalue weighted by molar-refractivity contribution is 5.14. The van der Waals surface area contributed by atoms with E-state index in [-0.39, 0.29) is 5.41 Å². The zero-order chi connectivity index (χ0) is 9.19. The Hall–Kier alpha value is -0.480. The van der Waals surface area contributed by atoms with E-state index < -0.39 is 0 Å². The van der Waals surface area contributed by atoms with Gasteiger partial charge in [0.1, 0.15) is 0 Å². The highest BCUT2D eigenvalue weighted by Gasteiger charge is 2.18. The van der Waals surface area contributed by atoms with E-state index in [1.165, 1.54) is 19.4 Å². The number of hydrogen-bond donors (Lipinski definition) is 0. The second-order valence-electron chi connectivity index (χ2n) is 4.66. The maximum Gasteiger partial charge on any atom is 0.0712 e. The van der Waals surface area contributed by atoms with Gasteiger partial charge in [0.25, 0.3) is 0 Å². The Kier molecular flexibility index (Phi) is 2.80. The molecule has 1 atom stereocenters. The van der Waals surface area contributed by atoms with Crippen LogP contribution in [-0.4, -0.2) is 24.5 Å². The lowest BCUT2D eigenvalue weighted by molar-refractivity contribution is 0.364. The van der Waals surface area contributed by atoms with Crippen LogP contribution in [0.2, 0.25) is 0 Å². The van der Waals surface area contributed by atoms with Gasteiger partial charge in [-0.05, 0) is 47.2 Å². The van der Waals surface area contributed by atoms with Crippen molar-refractivity contribution >= 4 is 0 Å². The predicted molar refractivity (Wildman–Crippen MR) is 52.9 cm³/mol. The zero-order valence-corrected chi connectivity index (χ0v) is 8.65. The lowest BCUT2D eigenvalue weighted by Gasteiger charge is -2.14. The smallest absolute Gasteiger partial charge is 0.0712 e. The molecule has 1 aliphatic heterocycles. The van der Waals surface area contributed by atoms with E-state index in [9.17, 15) is 0 Å². The molecule has 0 bridgehead atoms. The molecule has 1 heteroatoms. The molecule has 0 saturated carbocycles. The molecule has 12 heavy (non-hydrogen) atoms. The number of hydrogen-bond acceptors (Lipinski definition) is 1. The van der Waals surface area contributed by atoms with Gasteiger partial charge in [-0.2, -0.15) is 0 Å². The van der Waals surface area contributed by atoms with Gasteiger partial charge in [0.05, 0.1) is 6.04 Å². The first-order chi connectivity index (χ1) is 5.49. The number of rotatable bonds is 0. The van der Waals surface area contributed by atoms with E-state index in [1.54, 1.807) is 0 Å². The fraction of sp³-hybridized carbons (Fsp3) is 0.818. The fourth-order valence-electron chi connectivity index (χ4n) is 1.39. The second kappa shape index (κ2) is 3.49. The van der Waals surface area contributed by atoms with Crippen LogP contribution in [0.1, 0.15) is 33.6 Å². The molecule has 68 valence electrons. The van der Waals surface area contributed by atoms with Gasteiger partial charge in [-0.3, -0.25) is 4.90 Å². The average Bonchev–Trinajstić information content (AvgIpc) is 2.29. The molecule has 0 aliphatic carbocycles. The minimum absolute atomic E-state index is 0.156. The maximum atomic E-state index is 3.35. The van der Waals surface area contributed by atoms with Gasteiger partial charge in [0.2, 0.25) is 0 Å². The number of nitrogens with zero attached hydrogens (tertiary/aromatic N) is 1. The van der Waals surface area contributed by atoms with Crippen molar-refractivity contribution < 1.29 is 0 Å². The summed E-state index contributed by atoms with van der Waals surface area (Å²) in [5, 5.41) is 0. The van der Waals surface area contributed by atoms with Crippen LogP contribution in [0.3, 0.4) is 0 Å². The van der Waals surface area contributed by atoms with Crippen LogP contribution in [0, 0.1) is 17.3 Å². The average molecular weight is 165 g/mol. The summed E-state index contributed by atoms with van der Waals surface area (Å²) in [6, 6.07) is 0.518. The van der Waals surface area contributed by atoms with Crippen molar-refractivity contribution in [3.63, 3.8) is 0 Å². The molecule has 1 saturated heterocycles. The normalized spacial score (nSPS) is 25.2. The molecule has 1 heterocycles. The third-order valence-corrected chi connectivity index (χ3v) is 2.13. The lowest BCUT2D eigenvalue weighted by Crippen LogP contribution is -2.23. The van der Waals surface area contributed by atoms with Crippen molar-refractivity contribution in [2.75, 3.05) is 13.6 Å². The topological polar surface area (TPSA) is 3.24 Å².